The highest BCUT2D eigenvalue weighted by Crippen LogP contribution is 2.26. The number of phenolic OH excluding ortho intramolecular Hbond substituents is 1. The first-order chi connectivity index (χ1) is 12.5. The number of hydrogen-bond acceptors (Lipinski definition) is 7. The predicted octanol–water partition coefficient (Wildman–Crippen LogP) is 2.23. The number of benzene rings is 2. The lowest BCUT2D eigenvalue weighted by Gasteiger charge is -2.10. The van der Waals surface area contributed by atoms with Crippen LogP contribution >= 0.6 is 0 Å². The Morgan fingerprint density at radius 1 is 1.27 bits per heavy atom. The van der Waals surface area contributed by atoms with Crippen molar-refractivity contribution in [1.29, 1.82) is 0 Å². The van der Waals surface area contributed by atoms with Crippen LogP contribution in [-0.4, -0.2) is 35.4 Å². The largest absolute Gasteiger partial charge is 0.508 e. The van der Waals surface area contributed by atoms with Gasteiger partial charge in [-0.1, -0.05) is 12.1 Å². The third kappa shape index (κ3) is 5.20. The summed E-state index contributed by atoms with van der Waals surface area (Å²) in [5.41, 5.74) is 2.01. The van der Waals surface area contributed by atoms with E-state index in [4.69, 9.17) is 9.47 Å². The summed E-state index contributed by atoms with van der Waals surface area (Å²) >= 11 is 0. The van der Waals surface area contributed by atoms with Crippen molar-refractivity contribution in [2.24, 2.45) is 5.10 Å². The van der Waals surface area contributed by atoms with Crippen molar-refractivity contribution in [2.45, 2.75) is 6.92 Å². The lowest BCUT2D eigenvalue weighted by atomic mass is 10.2. The Balaban J connectivity index is 1.94. The number of phenols is 1. The Hall–Kier alpha value is -3.62. The zero-order chi connectivity index (χ0) is 18.9. The van der Waals surface area contributed by atoms with Crippen LogP contribution in [0, 0.1) is 10.1 Å². The molecule has 1 amide bonds. The number of aromatic hydroxyl groups is 1. The van der Waals surface area contributed by atoms with Crippen molar-refractivity contribution >= 4 is 17.8 Å². The second-order valence-corrected chi connectivity index (χ2v) is 4.96. The molecule has 0 radical (unpaired) electrons. The van der Waals surface area contributed by atoms with E-state index in [0.717, 1.165) is 12.3 Å². The van der Waals surface area contributed by atoms with Crippen LogP contribution in [0.1, 0.15) is 12.5 Å². The van der Waals surface area contributed by atoms with Gasteiger partial charge >= 0.3 is 0 Å². The molecule has 2 aromatic rings. The van der Waals surface area contributed by atoms with Crippen LogP contribution in [0.25, 0.3) is 0 Å². The Labute approximate surface area is 149 Å². The third-order valence-electron chi connectivity index (χ3n) is 3.11. The molecule has 0 heterocycles. The molecule has 26 heavy (non-hydrogen) atoms. The summed E-state index contributed by atoms with van der Waals surface area (Å²) in [7, 11) is 0. The van der Waals surface area contributed by atoms with Crippen molar-refractivity contribution in [2.75, 3.05) is 13.2 Å². The lowest BCUT2D eigenvalue weighted by molar-refractivity contribution is -0.385. The van der Waals surface area contributed by atoms with Crippen molar-refractivity contribution < 1.29 is 24.3 Å². The molecule has 2 rings (SSSR count). The SMILES string of the molecule is CCOc1ccccc1OCC(=O)N/N=C/c1cc(O)ccc1[N+](=O)[O-]. The molecule has 0 bridgehead atoms. The van der Waals surface area contributed by atoms with Gasteiger partial charge in [0.1, 0.15) is 5.75 Å². The summed E-state index contributed by atoms with van der Waals surface area (Å²) in [6.07, 6.45) is 1.07. The van der Waals surface area contributed by atoms with Gasteiger partial charge in [0, 0.05) is 6.07 Å². The van der Waals surface area contributed by atoms with Crippen LogP contribution in [0.2, 0.25) is 0 Å². The van der Waals surface area contributed by atoms with Crippen LogP contribution in [0.5, 0.6) is 17.2 Å². The van der Waals surface area contributed by atoms with Gasteiger partial charge in [-0.25, -0.2) is 5.43 Å². The summed E-state index contributed by atoms with van der Waals surface area (Å²) in [6, 6.07) is 10.4. The van der Waals surface area contributed by atoms with E-state index in [1.165, 1.54) is 12.1 Å². The Bertz CT molecular complexity index is 822. The minimum atomic E-state index is -0.615. The van der Waals surface area contributed by atoms with Crippen LogP contribution < -0.4 is 14.9 Å². The van der Waals surface area contributed by atoms with Crippen LogP contribution in [0.4, 0.5) is 5.69 Å². The number of carbonyl (C=O) groups is 1. The zero-order valence-corrected chi connectivity index (χ0v) is 13.9. The summed E-state index contributed by atoms with van der Waals surface area (Å²) in [5, 5.41) is 24.0. The third-order valence-corrected chi connectivity index (χ3v) is 3.11. The predicted molar refractivity (Wildman–Crippen MR) is 93.6 cm³/mol. The van der Waals surface area contributed by atoms with Crippen LogP contribution in [-0.2, 0) is 4.79 Å². The van der Waals surface area contributed by atoms with Gasteiger partial charge in [-0.3, -0.25) is 14.9 Å². The number of nitro groups is 1. The van der Waals surface area contributed by atoms with Gasteiger partial charge in [0.2, 0.25) is 0 Å². The summed E-state index contributed by atoms with van der Waals surface area (Å²) in [4.78, 5) is 22.1. The number of amides is 1. The molecule has 0 aliphatic heterocycles. The fourth-order valence-electron chi connectivity index (χ4n) is 2.01. The summed E-state index contributed by atoms with van der Waals surface area (Å²) in [6.45, 7) is 1.97. The summed E-state index contributed by atoms with van der Waals surface area (Å²) in [5.74, 6) is 0.216. The van der Waals surface area contributed by atoms with Gasteiger partial charge in [0.25, 0.3) is 11.6 Å². The van der Waals surface area contributed by atoms with Crippen molar-refractivity contribution in [3.05, 3.63) is 58.1 Å². The van der Waals surface area contributed by atoms with Crippen molar-refractivity contribution in [3.8, 4) is 17.2 Å². The van der Waals surface area contributed by atoms with E-state index < -0.39 is 10.8 Å². The number of hydrazone groups is 1. The Morgan fingerprint density at radius 2 is 1.96 bits per heavy atom. The highest BCUT2D eigenvalue weighted by molar-refractivity contribution is 5.87. The molecule has 9 heteroatoms. The quantitative estimate of drug-likeness (QED) is 0.423. The zero-order valence-electron chi connectivity index (χ0n) is 13.9. The van der Waals surface area contributed by atoms with Gasteiger partial charge < -0.3 is 14.6 Å². The van der Waals surface area contributed by atoms with Gasteiger partial charge in [-0.05, 0) is 31.2 Å². The number of hydrogen-bond donors (Lipinski definition) is 2. The minimum absolute atomic E-state index is 0.0536. The van der Waals surface area contributed by atoms with Gasteiger partial charge in [-0.15, -0.1) is 0 Å². The fraction of sp³-hybridized carbons (Fsp3) is 0.176. The van der Waals surface area contributed by atoms with E-state index >= 15 is 0 Å². The van der Waals surface area contributed by atoms with E-state index in [9.17, 15) is 20.0 Å². The molecule has 136 valence electrons. The highest BCUT2D eigenvalue weighted by Gasteiger charge is 2.12. The molecule has 2 aromatic carbocycles. The standard InChI is InChI=1S/C17H17N3O6/c1-2-25-15-5-3-4-6-16(15)26-11-17(22)19-18-10-12-9-13(21)7-8-14(12)20(23)24/h3-10,21H,2,11H2,1H3,(H,19,22)/b18-10+. The average Bonchev–Trinajstić information content (AvgIpc) is 2.61. The molecule has 0 atom stereocenters. The normalized spacial score (nSPS) is 10.5. The topological polar surface area (TPSA) is 123 Å². The maximum atomic E-state index is 11.8. The molecule has 0 aromatic heterocycles. The second kappa shape index (κ2) is 9.02. The number of nitrogens with zero attached hydrogens (tertiary/aromatic N) is 2. The van der Waals surface area contributed by atoms with Crippen LogP contribution in [0.3, 0.4) is 0 Å². The highest BCUT2D eigenvalue weighted by atomic mass is 16.6. The lowest BCUT2D eigenvalue weighted by Crippen LogP contribution is -2.24. The minimum Gasteiger partial charge on any atom is -0.508 e. The van der Waals surface area contributed by atoms with Gasteiger partial charge in [-0.2, -0.15) is 5.10 Å². The Kier molecular flexibility index (Phi) is 6.49. The number of para-hydroxylation sites is 2. The molecule has 0 aliphatic rings. The molecule has 0 saturated heterocycles. The first-order valence-electron chi connectivity index (χ1n) is 7.65. The van der Waals surface area contributed by atoms with Crippen molar-refractivity contribution in [1.82, 2.24) is 5.43 Å². The first kappa shape index (κ1) is 18.7. The van der Waals surface area contributed by atoms with Crippen molar-refractivity contribution in [3.63, 3.8) is 0 Å². The van der Waals surface area contributed by atoms with Crippen LogP contribution in [0.15, 0.2) is 47.6 Å². The van der Waals surface area contributed by atoms with E-state index in [0.29, 0.717) is 18.1 Å². The molecule has 0 unspecified atom stereocenters. The van der Waals surface area contributed by atoms with Gasteiger partial charge in [0.05, 0.1) is 23.3 Å². The molecule has 9 nitrogen and oxygen atoms in total. The second-order valence-electron chi connectivity index (χ2n) is 4.96. The molecular weight excluding hydrogens is 342 g/mol. The number of nitro benzene ring substituents is 1. The van der Waals surface area contributed by atoms with E-state index in [1.54, 1.807) is 24.3 Å². The molecule has 0 fully saturated rings. The average molecular weight is 359 g/mol. The molecular formula is C17H17N3O6. The number of ether oxygens (including phenoxy) is 2. The number of carbonyl (C=O) groups excluding carboxylic acids is 1. The Morgan fingerprint density at radius 3 is 2.62 bits per heavy atom. The van der Waals surface area contributed by atoms with E-state index in [2.05, 4.69) is 10.5 Å². The number of rotatable bonds is 8. The van der Waals surface area contributed by atoms with Gasteiger partial charge in [0.15, 0.2) is 18.1 Å². The maximum Gasteiger partial charge on any atom is 0.278 e. The first-order valence-corrected chi connectivity index (χ1v) is 7.65. The molecule has 0 saturated carbocycles. The summed E-state index contributed by atoms with van der Waals surface area (Å²) < 4.78 is 10.8. The molecule has 0 spiro atoms. The number of nitrogens with one attached hydrogen (secondary N) is 1. The maximum absolute atomic E-state index is 11.8. The smallest absolute Gasteiger partial charge is 0.278 e. The fourth-order valence-corrected chi connectivity index (χ4v) is 2.01. The van der Waals surface area contributed by atoms with E-state index in [-0.39, 0.29) is 23.6 Å². The molecule has 2 N–H and O–H groups in total. The monoisotopic (exact) mass is 359 g/mol. The molecule has 0 aliphatic carbocycles. The van der Waals surface area contributed by atoms with E-state index in [1.807, 2.05) is 6.92 Å².